The number of halogens is 1. The van der Waals surface area contributed by atoms with Crippen LogP contribution in [0, 0.1) is 0 Å². The Kier molecular flexibility index (Phi) is 5.54. The second kappa shape index (κ2) is 7.03. The Morgan fingerprint density at radius 2 is 1.95 bits per heavy atom. The van der Waals surface area contributed by atoms with Gasteiger partial charge in [-0.15, -0.1) is 0 Å². The van der Waals surface area contributed by atoms with Gasteiger partial charge in [-0.2, -0.15) is 0 Å². The fraction of sp³-hybridized carbons (Fsp3) is 0.611. The van der Waals surface area contributed by atoms with Gasteiger partial charge in [-0.1, -0.05) is 47.3 Å². The highest BCUT2D eigenvalue weighted by molar-refractivity contribution is 9.10. The second-order valence-corrected chi connectivity index (χ2v) is 8.12. The lowest BCUT2D eigenvalue weighted by Crippen LogP contribution is -2.43. The smallest absolute Gasteiger partial charge is 0.407 e. The zero-order chi connectivity index (χ0) is 16.2. The molecule has 1 aliphatic rings. The van der Waals surface area contributed by atoms with Crippen LogP contribution < -0.4 is 5.32 Å². The number of ether oxygens (including phenoxy) is 1. The quantitative estimate of drug-likeness (QED) is 0.799. The van der Waals surface area contributed by atoms with Crippen LogP contribution in [0.5, 0.6) is 0 Å². The van der Waals surface area contributed by atoms with Gasteiger partial charge >= 0.3 is 6.09 Å². The number of carbonyl (C=O) groups is 1. The summed E-state index contributed by atoms with van der Waals surface area (Å²) >= 11 is 3.56. The number of rotatable bonds is 3. The minimum atomic E-state index is -0.459. The molecule has 0 radical (unpaired) electrons. The van der Waals surface area contributed by atoms with Gasteiger partial charge < -0.3 is 10.1 Å². The van der Waals surface area contributed by atoms with E-state index >= 15 is 0 Å². The largest absolute Gasteiger partial charge is 0.444 e. The van der Waals surface area contributed by atoms with Crippen LogP contribution in [0.2, 0.25) is 0 Å². The molecule has 0 unspecified atom stereocenters. The Bertz CT molecular complexity index is 516. The molecule has 1 amide bonds. The van der Waals surface area contributed by atoms with Crippen molar-refractivity contribution in [1.29, 1.82) is 0 Å². The lowest BCUT2D eigenvalue weighted by Gasteiger charge is -2.38. The average molecular weight is 368 g/mol. The monoisotopic (exact) mass is 367 g/mol. The first-order valence-electron chi connectivity index (χ1n) is 8.04. The molecular formula is C18H26BrNO2. The van der Waals surface area contributed by atoms with E-state index in [0.29, 0.717) is 6.54 Å². The third-order valence-corrected chi connectivity index (χ3v) is 4.71. The molecule has 22 heavy (non-hydrogen) atoms. The zero-order valence-electron chi connectivity index (χ0n) is 13.7. The van der Waals surface area contributed by atoms with Gasteiger partial charge in [0.15, 0.2) is 0 Å². The number of benzene rings is 1. The predicted octanol–water partition coefficient (Wildman–Crippen LogP) is 5.18. The molecule has 4 heteroatoms. The van der Waals surface area contributed by atoms with Crippen molar-refractivity contribution in [3.05, 3.63) is 34.3 Å². The van der Waals surface area contributed by atoms with E-state index in [1.807, 2.05) is 26.8 Å². The van der Waals surface area contributed by atoms with Gasteiger partial charge in [-0.3, -0.25) is 0 Å². The average Bonchev–Trinajstić information content (AvgIpc) is 2.44. The highest BCUT2D eigenvalue weighted by atomic mass is 79.9. The van der Waals surface area contributed by atoms with Gasteiger partial charge in [0.25, 0.3) is 0 Å². The fourth-order valence-corrected chi connectivity index (χ4v) is 3.57. The van der Waals surface area contributed by atoms with Gasteiger partial charge in [0, 0.05) is 16.4 Å². The molecule has 1 aromatic carbocycles. The highest BCUT2D eigenvalue weighted by Gasteiger charge is 2.34. The molecule has 1 saturated carbocycles. The van der Waals surface area contributed by atoms with Gasteiger partial charge in [0.1, 0.15) is 5.60 Å². The van der Waals surface area contributed by atoms with Crippen molar-refractivity contribution in [3.8, 4) is 0 Å². The van der Waals surface area contributed by atoms with E-state index in [-0.39, 0.29) is 11.5 Å². The SMILES string of the molecule is CC(C)(C)OC(=O)NCC1(c2cccc(Br)c2)CCCCC1. The van der Waals surface area contributed by atoms with E-state index in [9.17, 15) is 4.79 Å². The Balaban J connectivity index is 2.11. The minimum absolute atomic E-state index is 0.0267. The molecule has 0 saturated heterocycles. The molecule has 1 aliphatic carbocycles. The lowest BCUT2D eigenvalue weighted by molar-refractivity contribution is 0.0507. The molecule has 0 heterocycles. The summed E-state index contributed by atoms with van der Waals surface area (Å²) in [7, 11) is 0. The zero-order valence-corrected chi connectivity index (χ0v) is 15.3. The highest BCUT2D eigenvalue weighted by Crippen LogP contribution is 2.39. The van der Waals surface area contributed by atoms with Crippen molar-refractivity contribution in [2.45, 2.75) is 63.9 Å². The summed E-state index contributed by atoms with van der Waals surface area (Å²) in [4.78, 5) is 12.0. The topological polar surface area (TPSA) is 38.3 Å². The van der Waals surface area contributed by atoms with Gasteiger partial charge in [-0.05, 0) is 51.3 Å². The fourth-order valence-electron chi connectivity index (χ4n) is 3.17. The molecular weight excluding hydrogens is 342 g/mol. The number of nitrogens with one attached hydrogen (secondary N) is 1. The Morgan fingerprint density at radius 3 is 2.55 bits per heavy atom. The van der Waals surface area contributed by atoms with Gasteiger partial charge in [-0.25, -0.2) is 4.79 Å². The van der Waals surface area contributed by atoms with Crippen LogP contribution >= 0.6 is 15.9 Å². The summed E-state index contributed by atoms with van der Waals surface area (Å²) in [5, 5.41) is 2.99. The number of hydrogen-bond donors (Lipinski definition) is 1. The van der Waals surface area contributed by atoms with Gasteiger partial charge in [0.05, 0.1) is 0 Å². The van der Waals surface area contributed by atoms with Crippen molar-refractivity contribution in [2.75, 3.05) is 6.54 Å². The number of hydrogen-bond acceptors (Lipinski definition) is 2. The van der Waals surface area contributed by atoms with Crippen LogP contribution in [0.4, 0.5) is 4.79 Å². The van der Waals surface area contributed by atoms with Gasteiger partial charge in [0.2, 0.25) is 0 Å². The summed E-state index contributed by atoms with van der Waals surface area (Å²) in [5.41, 5.74) is 0.871. The Morgan fingerprint density at radius 1 is 1.27 bits per heavy atom. The summed E-state index contributed by atoms with van der Waals surface area (Å²) < 4.78 is 6.46. The van der Waals surface area contributed by atoms with E-state index in [1.165, 1.54) is 24.8 Å². The number of amides is 1. The van der Waals surface area contributed by atoms with Crippen LogP contribution in [0.3, 0.4) is 0 Å². The molecule has 1 fully saturated rings. The molecule has 0 bridgehead atoms. The molecule has 0 atom stereocenters. The third kappa shape index (κ3) is 4.73. The Labute approximate surface area is 141 Å². The first-order valence-corrected chi connectivity index (χ1v) is 8.83. The lowest BCUT2D eigenvalue weighted by atomic mass is 9.69. The van der Waals surface area contributed by atoms with Crippen LogP contribution in [0.25, 0.3) is 0 Å². The van der Waals surface area contributed by atoms with Crippen molar-refractivity contribution in [1.82, 2.24) is 5.32 Å². The standard InChI is InChI=1S/C18H26BrNO2/c1-17(2,3)22-16(21)20-13-18(10-5-4-6-11-18)14-8-7-9-15(19)12-14/h7-9,12H,4-6,10-11,13H2,1-3H3,(H,20,21). The number of alkyl carbamates (subject to hydrolysis) is 1. The molecule has 1 aromatic rings. The summed E-state index contributed by atoms with van der Waals surface area (Å²) in [6.07, 6.45) is 5.60. The maximum absolute atomic E-state index is 12.0. The first-order chi connectivity index (χ1) is 10.3. The van der Waals surface area contributed by atoms with Crippen LogP contribution in [0.1, 0.15) is 58.4 Å². The maximum atomic E-state index is 12.0. The van der Waals surface area contributed by atoms with Crippen molar-refractivity contribution >= 4 is 22.0 Å². The molecule has 122 valence electrons. The van der Waals surface area contributed by atoms with Crippen LogP contribution in [-0.4, -0.2) is 18.2 Å². The molecule has 3 nitrogen and oxygen atoms in total. The summed E-state index contributed by atoms with van der Waals surface area (Å²) in [5.74, 6) is 0. The van der Waals surface area contributed by atoms with E-state index in [1.54, 1.807) is 0 Å². The van der Waals surface area contributed by atoms with Crippen LogP contribution in [0.15, 0.2) is 28.7 Å². The van der Waals surface area contributed by atoms with E-state index in [0.717, 1.165) is 17.3 Å². The molecule has 2 rings (SSSR count). The summed E-state index contributed by atoms with van der Waals surface area (Å²) in [6, 6.07) is 8.47. The molecule has 0 aliphatic heterocycles. The Hall–Kier alpha value is -1.03. The van der Waals surface area contributed by atoms with Crippen LogP contribution in [-0.2, 0) is 10.2 Å². The third-order valence-electron chi connectivity index (χ3n) is 4.22. The van der Waals surface area contributed by atoms with Crippen molar-refractivity contribution in [3.63, 3.8) is 0 Å². The molecule has 0 aromatic heterocycles. The van der Waals surface area contributed by atoms with E-state index in [4.69, 9.17) is 4.74 Å². The molecule has 0 spiro atoms. The minimum Gasteiger partial charge on any atom is -0.444 e. The normalized spacial score (nSPS) is 17.8. The van der Waals surface area contributed by atoms with Crippen molar-refractivity contribution in [2.24, 2.45) is 0 Å². The van der Waals surface area contributed by atoms with Crippen molar-refractivity contribution < 1.29 is 9.53 Å². The van der Waals surface area contributed by atoms with E-state index < -0.39 is 5.60 Å². The predicted molar refractivity (Wildman–Crippen MR) is 93.1 cm³/mol. The summed E-state index contributed by atoms with van der Waals surface area (Å²) in [6.45, 7) is 6.30. The number of carbonyl (C=O) groups excluding carboxylic acids is 1. The first kappa shape index (κ1) is 17.3. The molecule has 1 N–H and O–H groups in total. The second-order valence-electron chi connectivity index (χ2n) is 7.21. The maximum Gasteiger partial charge on any atom is 0.407 e. The van der Waals surface area contributed by atoms with E-state index in [2.05, 4.69) is 39.4 Å².